The highest BCUT2D eigenvalue weighted by molar-refractivity contribution is 6.06. The molecule has 0 atom stereocenters. The molecule has 7 heteroatoms. The molecule has 2 heterocycles. The summed E-state index contributed by atoms with van der Waals surface area (Å²) in [7, 11) is 1.50. The van der Waals surface area contributed by atoms with E-state index in [0.717, 1.165) is 5.56 Å². The van der Waals surface area contributed by atoms with Gasteiger partial charge in [0, 0.05) is 18.1 Å². The fraction of sp³-hybridized carbons (Fsp3) is 0.105. The molecule has 0 aliphatic rings. The Hall–Kier alpha value is -3.61. The molecule has 2 amide bonds. The van der Waals surface area contributed by atoms with E-state index in [4.69, 9.17) is 9.15 Å². The first-order chi connectivity index (χ1) is 12.6. The van der Waals surface area contributed by atoms with Crippen LogP contribution in [0.5, 0.6) is 5.75 Å². The molecule has 0 unspecified atom stereocenters. The lowest BCUT2D eigenvalue weighted by atomic mass is 10.1. The average molecular weight is 351 g/mol. The molecular weight excluding hydrogens is 334 g/mol. The summed E-state index contributed by atoms with van der Waals surface area (Å²) in [5.41, 5.74) is 2.21. The number of pyridine rings is 1. The van der Waals surface area contributed by atoms with Crippen molar-refractivity contribution in [1.82, 2.24) is 4.98 Å². The number of carbonyl (C=O) groups excluding carboxylic acids is 2. The third-order valence-electron chi connectivity index (χ3n) is 3.73. The van der Waals surface area contributed by atoms with Gasteiger partial charge in [0.25, 0.3) is 11.8 Å². The molecule has 2 N–H and O–H groups in total. The van der Waals surface area contributed by atoms with E-state index in [9.17, 15) is 9.59 Å². The smallest absolute Gasteiger partial charge is 0.291 e. The standard InChI is InChI=1S/C19H17N3O4/c1-12-7-8-20-11-14(12)18(23)21-13-5-6-16(25-2)15(10-13)22-19(24)17-4-3-9-26-17/h3-11H,1-2H3,(H,21,23)(H,22,24). The molecule has 3 aromatic rings. The van der Waals surface area contributed by atoms with Gasteiger partial charge in [0.1, 0.15) is 5.75 Å². The van der Waals surface area contributed by atoms with Crippen LogP contribution in [0.25, 0.3) is 0 Å². The van der Waals surface area contributed by atoms with Crippen LogP contribution in [0.2, 0.25) is 0 Å². The summed E-state index contributed by atoms with van der Waals surface area (Å²) >= 11 is 0. The average Bonchev–Trinajstić information content (AvgIpc) is 3.17. The fourth-order valence-corrected chi connectivity index (χ4v) is 2.38. The zero-order chi connectivity index (χ0) is 18.5. The molecule has 0 aliphatic carbocycles. The van der Waals surface area contributed by atoms with E-state index < -0.39 is 5.91 Å². The Morgan fingerprint density at radius 3 is 2.65 bits per heavy atom. The van der Waals surface area contributed by atoms with Crippen molar-refractivity contribution in [3.63, 3.8) is 0 Å². The molecule has 0 spiro atoms. The van der Waals surface area contributed by atoms with E-state index in [2.05, 4.69) is 15.6 Å². The number of benzene rings is 1. The Kier molecular flexibility index (Phi) is 4.98. The number of hydrogen-bond donors (Lipinski definition) is 2. The maximum Gasteiger partial charge on any atom is 0.291 e. The van der Waals surface area contributed by atoms with E-state index in [1.54, 1.807) is 42.6 Å². The van der Waals surface area contributed by atoms with E-state index in [0.29, 0.717) is 22.7 Å². The lowest BCUT2D eigenvalue weighted by Gasteiger charge is -2.12. The Bertz CT molecular complexity index is 936. The molecule has 2 aromatic heterocycles. The van der Waals surface area contributed by atoms with Gasteiger partial charge in [-0.05, 0) is 48.9 Å². The first kappa shape index (κ1) is 17.2. The van der Waals surface area contributed by atoms with E-state index in [-0.39, 0.29) is 11.7 Å². The maximum atomic E-state index is 12.4. The van der Waals surface area contributed by atoms with Crippen molar-refractivity contribution in [2.24, 2.45) is 0 Å². The van der Waals surface area contributed by atoms with Crippen LogP contribution < -0.4 is 15.4 Å². The molecular formula is C19H17N3O4. The number of nitrogens with zero attached hydrogens (tertiary/aromatic N) is 1. The topological polar surface area (TPSA) is 93.5 Å². The fourth-order valence-electron chi connectivity index (χ4n) is 2.38. The van der Waals surface area contributed by atoms with Crippen molar-refractivity contribution < 1.29 is 18.7 Å². The molecule has 0 saturated heterocycles. The van der Waals surface area contributed by atoms with Gasteiger partial charge in [-0.1, -0.05) is 0 Å². The van der Waals surface area contributed by atoms with Crippen LogP contribution in [0.1, 0.15) is 26.5 Å². The van der Waals surface area contributed by atoms with Gasteiger partial charge in [-0.2, -0.15) is 0 Å². The van der Waals surface area contributed by atoms with E-state index in [1.807, 2.05) is 6.92 Å². The number of rotatable bonds is 5. The SMILES string of the molecule is COc1ccc(NC(=O)c2cnccc2C)cc1NC(=O)c1ccco1. The van der Waals surface area contributed by atoms with Crippen molar-refractivity contribution in [2.75, 3.05) is 17.7 Å². The number of methoxy groups -OCH3 is 1. The normalized spacial score (nSPS) is 10.2. The van der Waals surface area contributed by atoms with E-state index in [1.165, 1.54) is 19.6 Å². The molecule has 132 valence electrons. The van der Waals surface area contributed by atoms with Gasteiger partial charge in [-0.3, -0.25) is 14.6 Å². The van der Waals surface area contributed by atoms with Crippen molar-refractivity contribution in [3.8, 4) is 5.75 Å². The van der Waals surface area contributed by atoms with Crippen molar-refractivity contribution in [3.05, 3.63) is 71.9 Å². The highest BCUT2D eigenvalue weighted by Gasteiger charge is 2.14. The second kappa shape index (κ2) is 7.52. The summed E-state index contributed by atoms with van der Waals surface area (Å²) in [6.07, 6.45) is 4.55. The zero-order valence-corrected chi connectivity index (χ0v) is 14.3. The summed E-state index contributed by atoms with van der Waals surface area (Å²) in [5.74, 6) is -0.0723. The number of hydrogen-bond acceptors (Lipinski definition) is 5. The number of nitrogens with one attached hydrogen (secondary N) is 2. The Morgan fingerprint density at radius 2 is 1.96 bits per heavy atom. The van der Waals surface area contributed by atoms with Gasteiger partial charge in [-0.25, -0.2) is 0 Å². The number of anilines is 2. The number of ether oxygens (including phenoxy) is 1. The van der Waals surface area contributed by atoms with Crippen molar-refractivity contribution in [2.45, 2.75) is 6.92 Å². The lowest BCUT2D eigenvalue weighted by molar-refractivity contribution is 0.0994. The highest BCUT2D eigenvalue weighted by atomic mass is 16.5. The molecule has 0 aliphatic heterocycles. The van der Waals surface area contributed by atoms with Crippen LogP contribution in [0.3, 0.4) is 0 Å². The van der Waals surface area contributed by atoms with Gasteiger partial charge >= 0.3 is 0 Å². The van der Waals surface area contributed by atoms with Gasteiger partial charge in [0.15, 0.2) is 5.76 Å². The van der Waals surface area contributed by atoms with Gasteiger partial charge in [-0.15, -0.1) is 0 Å². The third-order valence-corrected chi connectivity index (χ3v) is 3.73. The zero-order valence-electron chi connectivity index (χ0n) is 14.3. The van der Waals surface area contributed by atoms with Crippen molar-refractivity contribution >= 4 is 23.2 Å². The minimum atomic E-state index is -0.417. The van der Waals surface area contributed by atoms with Gasteiger partial charge < -0.3 is 19.8 Å². The predicted octanol–water partition coefficient (Wildman–Crippen LogP) is 3.50. The number of carbonyl (C=O) groups is 2. The molecule has 26 heavy (non-hydrogen) atoms. The van der Waals surface area contributed by atoms with E-state index >= 15 is 0 Å². The molecule has 0 saturated carbocycles. The second-order valence-corrected chi connectivity index (χ2v) is 5.49. The molecule has 0 fully saturated rings. The molecule has 1 aromatic carbocycles. The number of aryl methyl sites for hydroxylation is 1. The summed E-state index contributed by atoms with van der Waals surface area (Å²) in [6.45, 7) is 1.83. The molecule has 7 nitrogen and oxygen atoms in total. The van der Waals surface area contributed by atoms with Crippen LogP contribution in [-0.2, 0) is 0 Å². The highest BCUT2D eigenvalue weighted by Crippen LogP contribution is 2.28. The minimum Gasteiger partial charge on any atom is -0.495 e. The van der Waals surface area contributed by atoms with Crippen LogP contribution in [-0.4, -0.2) is 23.9 Å². The first-order valence-corrected chi connectivity index (χ1v) is 7.83. The molecule has 0 bridgehead atoms. The predicted molar refractivity (Wildman–Crippen MR) is 96.6 cm³/mol. The Balaban J connectivity index is 1.82. The van der Waals surface area contributed by atoms with Gasteiger partial charge in [0.05, 0.1) is 24.6 Å². The van der Waals surface area contributed by atoms with Crippen LogP contribution in [0.4, 0.5) is 11.4 Å². The summed E-state index contributed by atoms with van der Waals surface area (Å²) in [4.78, 5) is 28.6. The number of amides is 2. The summed E-state index contributed by atoms with van der Waals surface area (Å²) in [6, 6.07) is 9.90. The molecule has 3 rings (SSSR count). The quantitative estimate of drug-likeness (QED) is 0.734. The van der Waals surface area contributed by atoms with Crippen LogP contribution >= 0.6 is 0 Å². The van der Waals surface area contributed by atoms with Crippen LogP contribution in [0, 0.1) is 6.92 Å². The van der Waals surface area contributed by atoms with Crippen molar-refractivity contribution in [1.29, 1.82) is 0 Å². The summed E-state index contributed by atoms with van der Waals surface area (Å²) < 4.78 is 10.3. The second-order valence-electron chi connectivity index (χ2n) is 5.49. The van der Waals surface area contributed by atoms with Gasteiger partial charge in [0.2, 0.25) is 0 Å². The molecule has 0 radical (unpaired) electrons. The Labute approximate surface area is 150 Å². The monoisotopic (exact) mass is 351 g/mol. The Morgan fingerprint density at radius 1 is 1.12 bits per heavy atom. The third kappa shape index (κ3) is 3.72. The largest absolute Gasteiger partial charge is 0.495 e. The summed E-state index contributed by atoms with van der Waals surface area (Å²) in [5, 5.41) is 5.50. The maximum absolute atomic E-state index is 12.4. The first-order valence-electron chi connectivity index (χ1n) is 7.83. The lowest BCUT2D eigenvalue weighted by Crippen LogP contribution is -2.15. The number of furan rings is 1. The minimum absolute atomic E-state index is 0.174. The van der Waals surface area contributed by atoms with Crippen LogP contribution in [0.15, 0.2) is 59.5 Å². The number of aromatic nitrogens is 1.